The van der Waals surface area contributed by atoms with Crippen molar-refractivity contribution in [1.82, 2.24) is 10.2 Å². The van der Waals surface area contributed by atoms with E-state index in [1.165, 1.54) is 0 Å². The maximum Gasteiger partial charge on any atom is 0.410 e. The Balaban J connectivity index is 1.43. The van der Waals surface area contributed by atoms with Crippen LogP contribution in [0.5, 0.6) is 0 Å². The molecular weight excluding hydrogens is 328 g/mol. The van der Waals surface area contributed by atoms with Crippen molar-refractivity contribution < 1.29 is 14.3 Å². The fourth-order valence-electron chi connectivity index (χ4n) is 3.07. The quantitative estimate of drug-likeness (QED) is 0.916. The van der Waals surface area contributed by atoms with Gasteiger partial charge in [0, 0.05) is 24.7 Å². The number of nitrogens with one attached hydrogen (secondary N) is 1. The van der Waals surface area contributed by atoms with E-state index in [-0.39, 0.29) is 24.6 Å². The Morgan fingerprint density at radius 3 is 2.50 bits per heavy atom. The summed E-state index contributed by atoms with van der Waals surface area (Å²) in [6, 6.07) is 17.3. The highest BCUT2D eigenvalue weighted by Crippen LogP contribution is 2.14. The van der Waals surface area contributed by atoms with Crippen LogP contribution in [-0.2, 0) is 11.3 Å². The summed E-state index contributed by atoms with van der Waals surface area (Å²) in [5.74, 6) is -0.0567. The second-order valence-electron chi connectivity index (χ2n) is 6.64. The highest BCUT2D eigenvalue weighted by Gasteiger charge is 2.25. The molecule has 1 heterocycles. The van der Waals surface area contributed by atoms with Gasteiger partial charge in [-0.1, -0.05) is 48.0 Å². The van der Waals surface area contributed by atoms with Crippen molar-refractivity contribution >= 4 is 12.0 Å². The molecule has 0 saturated carbocycles. The summed E-state index contributed by atoms with van der Waals surface area (Å²) >= 11 is 0. The zero-order valence-electron chi connectivity index (χ0n) is 15.0. The number of piperidine rings is 1. The number of rotatable bonds is 4. The first-order valence-electron chi connectivity index (χ1n) is 8.95. The van der Waals surface area contributed by atoms with Crippen LogP contribution in [0.4, 0.5) is 4.79 Å². The third-order valence-electron chi connectivity index (χ3n) is 4.57. The van der Waals surface area contributed by atoms with Gasteiger partial charge in [0.1, 0.15) is 6.61 Å². The molecule has 1 N–H and O–H groups in total. The summed E-state index contributed by atoms with van der Waals surface area (Å²) in [4.78, 5) is 26.2. The van der Waals surface area contributed by atoms with Crippen LogP contribution in [0.2, 0.25) is 0 Å². The van der Waals surface area contributed by atoms with E-state index >= 15 is 0 Å². The zero-order chi connectivity index (χ0) is 18.4. The van der Waals surface area contributed by atoms with E-state index in [2.05, 4.69) is 5.32 Å². The van der Waals surface area contributed by atoms with Crippen molar-refractivity contribution in [2.24, 2.45) is 0 Å². The van der Waals surface area contributed by atoms with Gasteiger partial charge in [0.2, 0.25) is 0 Å². The lowest BCUT2D eigenvalue weighted by Gasteiger charge is -2.31. The molecule has 5 heteroatoms. The highest BCUT2D eigenvalue weighted by molar-refractivity contribution is 5.94. The molecule has 2 aromatic rings. The lowest BCUT2D eigenvalue weighted by atomic mass is 10.0. The van der Waals surface area contributed by atoms with Gasteiger partial charge in [-0.2, -0.15) is 0 Å². The molecule has 2 aromatic carbocycles. The van der Waals surface area contributed by atoms with Crippen LogP contribution in [0, 0.1) is 6.92 Å². The molecule has 136 valence electrons. The summed E-state index contributed by atoms with van der Waals surface area (Å²) in [6.07, 6.45) is 1.17. The normalized spacial score (nSPS) is 14.7. The SMILES string of the molecule is Cc1cccc(C(=O)NC2CCN(C(=O)OCc3ccccc3)CC2)c1. The molecule has 5 nitrogen and oxygen atoms in total. The monoisotopic (exact) mass is 352 g/mol. The summed E-state index contributed by atoms with van der Waals surface area (Å²) in [7, 11) is 0. The number of nitrogens with zero attached hydrogens (tertiary/aromatic N) is 1. The van der Waals surface area contributed by atoms with Gasteiger partial charge in [-0.15, -0.1) is 0 Å². The topological polar surface area (TPSA) is 58.6 Å². The number of ether oxygens (including phenoxy) is 1. The lowest BCUT2D eigenvalue weighted by molar-refractivity contribution is 0.0809. The van der Waals surface area contributed by atoms with E-state index in [9.17, 15) is 9.59 Å². The van der Waals surface area contributed by atoms with E-state index in [4.69, 9.17) is 4.74 Å². The summed E-state index contributed by atoms with van der Waals surface area (Å²) in [5, 5.41) is 3.06. The molecule has 1 saturated heterocycles. The minimum Gasteiger partial charge on any atom is -0.445 e. The summed E-state index contributed by atoms with van der Waals surface area (Å²) < 4.78 is 5.37. The fraction of sp³-hybridized carbons (Fsp3) is 0.333. The van der Waals surface area contributed by atoms with Crippen LogP contribution in [0.15, 0.2) is 54.6 Å². The van der Waals surface area contributed by atoms with Crippen LogP contribution in [0.3, 0.4) is 0 Å². The number of likely N-dealkylation sites (tertiary alicyclic amines) is 1. The summed E-state index contributed by atoms with van der Waals surface area (Å²) in [5.41, 5.74) is 2.71. The first kappa shape index (κ1) is 18.0. The molecular formula is C21H24N2O3. The third kappa shape index (κ3) is 4.85. The van der Waals surface area contributed by atoms with Crippen LogP contribution in [0.25, 0.3) is 0 Å². The Hall–Kier alpha value is -2.82. The van der Waals surface area contributed by atoms with E-state index in [0.29, 0.717) is 18.7 Å². The molecule has 0 bridgehead atoms. The number of carbonyl (C=O) groups is 2. The van der Waals surface area contributed by atoms with Gasteiger partial charge in [-0.3, -0.25) is 4.79 Å². The standard InChI is InChI=1S/C21H24N2O3/c1-16-6-5-9-18(14-16)20(24)22-19-10-12-23(13-11-19)21(25)26-15-17-7-3-2-4-8-17/h2-9,14,19H,10-13,15H2,1H3,(H,22,24). The second kappa shape index (κ2) is 8.52. The first-order chi connectivity index (χ1) is 12.6. The predicted octanol–water partition coefficient (Wildman–Crippen LogP) is 3.53. The molecule has 26 heavy (non-hydrogen) atoms. The van der Waals surface area contributed by atoms with Gasteiger partial charge in [-0.25, -0.2) is 4.79 Å². The Bertz CT molecular complexity index is 753. The Morgan fingerprint density at radius 2 is 1.81 bits per heavy atom. The fourth-order valence-corrected chi connectivity index (χ4v) is 3.07. The molecule has 0 atom stereocenters. The molecule has 0 spiro atoms. The average Bonchev–Trinajstić information content (AvgIpc) is 2.67. The second-order valence-corrected chi connectivity index (χ2v) is 6.64. The Kier molecular flexibility index (Phi) is 5.89. The van der Waals surface area contributed by atoms with Gasteiger partial charge in [0.15, 0.2) is 0 Å². The Labute approximate surface area is 154 Å². The molecule has 0 aromatic heterocycles. The van der Waals surface area contributed by atoms with E-state index in [1.807, 2.05) is 61.5 Å². The van der Waals surface area contributed by atoms with Gasteiger partial charge in [0.05, 0.1) is 0 Å². The van der Waals surface area contributed by atoms with Crippen LogP contribution in [-0.4, -0.2) is 36.0 Å². The largest absolute Gasteiger partial charge is 0.445 e. The van der Waals surface area contributed by atoms with Crippen LogP contribution in [0.1, 0.15) is 34.3 Å². The van der Waals surface area contributed by atoms with Crippen molar-refractivity contribution in [2.75, 3.05) is 13.1 Å². The number of carbonyl (C=O) groups excluding carboxylic acids is 2. The molecule has 2 amide bonds. The van der Waals surface area contributed by atoms with Crippen LogP contribution < -0.4 is 5.32 Å². The molecule has 0 unspecified atom stereocenters. The van der Waals surface area contributed by atoms with Crippen molar-refractivity contribution in [1.29, 1.82) is 0 Å². The average molecular weight is 352 g/mol. The maximum absolute atomic E-state index is 12.3. The molecule has 0 radical (unpaired) electrons. The molecule has 1 aliphatic rings. The number of hydrogen-bond acceptors (Lipinski definition) is 3. The number of amides is 2. The Morgan fingerprint density at radius 1 is 1.08 bits per heavy atom. The van der Waals surface area contributed by atoms with Gasteiger partial charge >= 0.3 is 6.09 Å². The predicted molar refractivity (Wildman–Crippen MR) is 99.9 cm³/mol. The van der Waals surface area contributed by atoms with Crippen molar-refractivity contribution in [3.05, 3.63) is 71.3 Å². The molecule has 1 fully saturated rings. The first-order valence-corrected chi connectivity index (χ1v) is 8.95. The van der Waals surface area contributed by atoms with Gasteiger partial charge in [-0.05, 0) is 37.5 Å². The zero-order valence-corrected chi connectivity index (χ0v) is 15.0. The van der Waals surface area contributed by atoms with Gasteiger partial charge in [0.25, 0.3) is 5.91 Å². The van der Waals surface area contributed by atoms with Crippen LogP contribution >= 0.6 is 0 Å². The smallest absolute Gasteiger partial charge is 0.410 e. The van der Waals surface area contributed by atoms with E-state index in [0.717, 1.165) is 24.0 Å². The number of aryl methyl sites for hydroxylation is 1. The van der Waals surface area contributed by atoms with E-state index < -0.39 is 0 Å². The van der Waals surface area contributed by atoms with Crippen molar-refractivity contribution in [3.8, 4) is 0 Å². The minimum absolute atomic E-state index is 0.0567. The highest BCUT2D eigenvalue weighted by atomic mass is 16.6. The van der Waals surface area contributed by atoms with Gasteiger partial charge < -0.3 is 15.0 Å². The number of benzene rings is 2. The molecule has 1 aliphatic heterocycles. The maximum atomic E-state index is 12.3. The molecule has 0 aliphatic carbocycles. The number of hydrogen-bond donors (Lipinski definition) is 1. The van der Waals surface area contributed by atoms with Crippen molar-refractivity contribution in [2.45, 2.75) is 32.4 Å². The van der Waals surface area contributed by atoms with E-state index in [1.54, 1.807) is 4.90 Å². The summed E-state index contributed by atoms with van der Waals surface area (Å²) in [6.45, 7) is 3.43. The minimum atomic E-state index is -0.294. The molecule has 3 rings (SSSR count). The van der Waals surface area contributed by atoms with Crippen molar-refractivity contribution in [3.63, 3.8) is 0 Å². The lowest BCUT2D eigenvalue weighted by Crippen LogP contribution is -2.46. The third-order valence-corrected chi connectivity index (χ3v) is 4.57.